The number of rotatable bonds is 1. The van der Waals surface area contributed by atoms with Crippen LogP contribution in [0.1, 0.15) is 10.5 Å². The third-order valence-corrected chi connectivity index (χ3v) is 1.60. The Kier molecular flexibility index (Phi) is 1.58. The molecule has 0 aliphatic rings. The fourth-order valence-corrected chi connectivity index (χ4v) is 0.780. The van der Waals surface area contributed by atoms with Crippen molar-refractivity contribution in [3.05, 3.63) is 23.0 Å². The van der Waals surface area contributed by atoms with Gasteiger partial charge >= 0.3 is 0 Å². The summed E-state index contributed by atoms with van der Waals surface area (Å²) in [5.74, 6) is 0. The summed E-state index contributed by atoms with van der Waals surface area (Å²) in [6, 6.07) is 3.36. The maximum atomic E-state index is 10.2. The fraction of sp³-hybridized carbons (Fsp3) is 0.167. The van der Waals surface area contributed by atoms with E-state index in [1.807, 2.05) is 0 Å². The smallest absolute Gasteiger partial charge is 0.166 e. The molecule has 3 heteroatoms. The summed E-state index contributed by atoms with van der Waals surface area (Å²) in [6.45, 7) is 0. The highest BCUT2D eigenvalue weighted by molar-refractivity contribution is 6.29. The van der Waals surface area contributed by atoms with Crippen LogP contribution in [0, 0.1) is 0 Å². The van der Waals surface area contributed by atoms with Gasteiger partial charge < -0.3 is 4.57 Å². The van der Waals surface area contributed by atoms with Crippen LogP contribution in [0.25, 0.3) is 0 Å². The minimum atomic E-state index is 0.581. The van der Waals surface area contributed by atoms with E-state index in [0.717, 1.165) is 6.29 Å². The van der Waals surface area contributed by atoms with Crippen molar-refractivity contribution in [1.82, 2.24) is 4.57 Å². The molecule has 1 aromatic rings. The number of hydrogen-bond acceptors (Lipinski definition) is 1. The maximum absolute atomic E-state index is 10.2. The summed E-state index contributed by atoms with van der Waals surface area (Å²) in [6.07, 6.45) is 0.770. The van der Waals surface area contributed by atoms with Crippen molar-refractivity contribution in [3.8, 4) is 0 Å². The number of aldehydes is 1. The molecule has 1 heterocycles. The van der Waals surface area contributed by atoms with E-state index in [0.29, 0.717) is 10.8 Å². The predicted octanol–water partition coefficient (Wildman–Crippen LogP) is 1.49. The maximum Gasteiger partial charge on any atom is 0.166 e. The lowest BCUT2D eigenvalue weighted by atomic mass is 10.5. The van der Waals surface area contributed by atoms with Crippen LogP contribution in [-0.2, 0) is 7.05 Å². The van der Waals surface area contributed by atoms with Crippen molar-refractivity contribution >= 4 is 17.9 Å². The van der Waals surface area contributed by atoms with E-state index in [1.165, 1.54) is 0 Å². The van der Waals surface area contributed by atoms with E-state index in [9.17, 15) is 4.79 Å². The molecule has 0 bridgehead atoms. The highest BCUT2D eigenvalue weighted by Gasteiger charge is 1.97. The zero-order valence-corrected chi connectivity index (χ0v) is 5.72. The molecule has 0 N–H and O–H groups in total. The zero-order chi connectivity index (χ0) is 6.85. The molecule has 48 valence electrons. The lowest BCUT2D eigenvalue weighted by Crippen LogP contribution is -1.92. The molecule has 1 rings (SSSR count). The molecule has 0 spiro atoms. The number of carbonyl (C=O) groups excluding carboxylic acids is 1. The third-order valence-electron chi connectivity index (χ3n) is 1.22. The van der Waals surface area contributed by atoms with E-state index in [1.54, 1.807) is 23.7 Å². The zero-order valence-electron chi connectivity index (χ0n) is 4.97. The van der Waals surface area contributed by atoms with Crippen LogP contribution in [0.3, 0.4) is 0 Å². The van der Waals surface area contributed by atoms with Crippen LogP contribution >= 0.6 is 11.6 Å². The van der Waals surface area contributed by atoms with Crippen molar-refractivity contribution in [1.29, 1.82) is 0 Å². The average Bonchev–Trinajstić information content (AvgIpc) is 2.15. The highest BCUT2D eigenvalue weighted by Crippen LogP contribution is 2.09. The first-order chi connectivity index (χ1) is 4.25. The first-order valence-electron chi connectivity index (χ1n) is 2.52. The Balaban J connectivity index is 3.18. The van der Waals surface area contributed by atoms with Crippen LogP contribution in [0.15, 0.2) is 12.1 Å². The number of hydrogen-bond donors (Lipinski definition) is 0. The molecule has 0 fully saturated rings. The van der Waals surface area contributed by atoms with Gasteiger partial charge in [-0.2, -0.15) is 0 Å². The van der Waals surface area contributed by atoms with Crippen LogP contribution in [0.2, 0.25) is 5.15 Å². The first kappa shape index (κ1) is 6.36. The van der Waals surface area contributed by atoms with Gasteiger partial charge in [-0.25, -0.2) is 0 Å². The second-order valence-corrected chi connectivity index (χ2v) is 2.15. The average molecular weight is 144 g/mol. The number of carbonyl (C=O) groups is 1. The molecule has 2 nitrogen and oxygen atoms in total. The molecule has 0 saturated carbocycles. The Labute approximate surface area is 58.0 Å². The molecule has 9 heavy (non-hydrogen) atoms. The monoisotopic (exact) mass is 143 g/mol. The van der Waals surface area contributed by atoms with Gasteiger partial charge in [-0.1, -0.05) is 11.6 Å². The van der Waals surface area contributed by atoms with Gasteiger partial charge in [0, 0.05) is 7.05 Å². The molecule has 1 aromatic heterocycles. The quantitative estimate of drug-likeness (QED) is 0.546. The van der Waals surface area contributed by atoms with Gasteiger partial charge in [0.2, 0.25) is 0 Å². The Bertz CT molecular complexity index is 229. The molecule has 0 amide bonds. The van der Waals surface area contributed by atoms with Gasteiger partial charge in [0.05, 0.1) is 5.69 Å². The molecule has 0 atom stereocenters. The Morgan fingerprint density at radius 3 is 2.56 bits per heavy atom. The number of halogens is 1. The lowest BCUT2D eigenvalue weighted by Gasteiger charge is -1.93. The minimum Gasteiger partial charge on any atom is -0.333 e. The van der Waals surface area contributed by atoms with Crippen molar-refractivity contribution in [2.75, 3.05) is 0 Å². The van der Waals surface area contributed by atoms with Crippen LogP contribution in [0.4, 0.5) is 0 Å². The lowest BCUT2D eigenvalue weighted by molar-refractivity contribution is 0.111. The molecular weight excluding hydrogens is 138 g/mol. The van der Waals surface area contributed by atoms with Crippen LogP contribution in [0.5, 0.6) is 0 Å². The van der Waals surface area contributed by atoms with Crippen molar-refractivity contribution < 1.29 is 4.79 Å². The van der Waals surface area contributed by atoms with Crippen LogP contribution in [-0.4, -0.2) is 10.9 Å². The molecular formula is C6H6ClNO. The topological polar surface area (TPSA) is 22.0 Å². The number of aromatic nitrogens is 1. The third kappa shape index (κ3) is 0.980. The molecule has 0 saturated heterocycles. The van der Waals surface area contributed by atoms with Gasteiger partial charge in [0.15, 0.2) is 6.29 Å². The van der Waals surface area contributed by atoms with Crippen molar-refractivity contribution in [2.45, 2.75) is 0 Å². The molecule has 0 radical (unpaired) electrons. The highest BCUT2D eigenvalue weighted by atomic mass is 35.5. The standard InChI is InChI=1S/C6H6ClNO/c1-8-5(4-9)2-3-6(8)7/h2-4H,1H3. The summed E-state index contributed by atoms with van der Waals surface area (Å²) in [7, 11) is 1.74. The molecule has 0 aliphatic heterocycles. The molecule has 0 aliphatic carbocycles. The molecule has 0 unspecified atom stereocenters. The summed E-state index contributed by atoms with van der Waals surface area (Å²) in [5.41, 5.74) is 0.597. The molecule has 0 aromatic carbocycles. The Morgan fingerprint density at radius 1 is 1.67 bits per heavy atom. The predicted molar refractivity (Wildman–Crippen MR) is 35.8 cm³/mol. The summed E-state index contributed by atoms with van der Waals surface area (Å²) >= 11 is 5.61. The van der Waals surface area contributed by atoms with Gasteiger partial charge in [-0.3, -0.25) is 4.79 Å². The van der Waals surface area contributed by atoms with Crippen molar-refractivity contribution in [2.24, 2.45) is 7.05 Å². The van der Waals surface area contributed by atoms with Gasteiger partial charge in [0.1, 0.15) is 5.15 Å². The van der Waals surface area contributed by atoms with Gasteiger partial charge in [-0.05, 0) is 12.1 Å². The van der Waals surface area contributed by atoms with Gasteiger partial charge in [-0.15, -0.1) is 0 Å². The van der Waals surface area contributed by atoms with E-state index >= 15 is 0 Å². The fourth-order valence-electron chi connectivity index (χ4n) is 0.619. The summed E-state index contributed by atoms with van der Waals surface area (Å²) in [5, 5.41) is 0.581. The van der Waals surface area contributed by atoms with E-state index in [-0.39, 0.29) is 0 Å². The van der Waals surface area contributed by atoms with Gasteiger partial charge in [0.25, 0.3) is 0 Å². The van der Waals surface area contributed by atoms with E-state index in [4.69, 9.17) is 11.6 Å². The van der Waals surface area contributed by atoms with Crippen LogP contribution < -0.4 is 0 Å². The largest absolute Gasteiger partial charge is 0.333 e. The van der Waals surface area contributed by atoms with E-state index in [2.05, 4.69) is 0 Å². The minimum absolute atomic E-state index is 0.581. The first-order valence-corrected chi connectivity index (χ1v) is 2.90. The number of nitrogens with zero attached hydrogens (tertiary/aromatic N) is 1. The summed E-state index contributed by atoms with van der Waals surface area (Å²) in [4.78, 5) is 10.2. The second-order valence-electron chi connectivity index (χ2n) is 1.76. The van der Waals surface area contributed by atoms with Crippen molar-refractivity contribution in [3.63, 3.8) is 0 Å². The normalized spacial score (nSPS) is 9.56. The SMILES string of the molecule is Cn1c(Cl)ccc1C=O. The Hall–Kier alpha value is -0.760. The second kappa shape index (κ2) is 2.23. The van der Waals surface area contributed by atoms with E-state index < -0.39 is 0 Å². The summed E-state index contributed by atoms with van der Waals surface area (Å²) < 4.78 is 1.62. The Morgan fingerprint density at radius 2 is 2.33 bits per heavy atom.